The monoisotopic (exact) mass is 282 g/mol. The van der Waals surface area contributed by atoms with Gasteiger partial charge < -0.3 is 4.74 Å². The molecule has 0 radical (unpaired) electrons. The van der Waals surface area contributed by atoms with Gasteiger partial charge >= 0.3 is 5.97 Å². The fourth-order valence-corrected chi connectivity index (χ4v) is 2.04. The fraction of sp³-hybridized carbons (Fsp3) is 0.286. The Morgan fingerprint density at radius 3 is 3.00 bits per heavy atom. The van der Waals surface area contributed by atoms with E-state index >= 15 is 0 Å². The quantitative estimate of drug-likeness (QED) is 0.615. The lowest BCUT2D eigenvalue weighted by Crippen LogP contribution is -2.03. The minimum absolute atomic E-state index is 0.178. The van der Waals surface area contributed by atoms with Crippen LogP contribution < -0.4 is 4.74 Å². The molecule has 0 aliphatic carbocycles. The third kappa shape index (κ3) is 2.78. The van der Waals surface area contributed by atoms with Crippen LogP contribution in [0, 0.1) is 3.57 Å². The smallest absolute Gasteiger partial charge is 0.311 e. The molecular formula is C7H7IO2S. The summed E-state index contributed by atoms with van der Waals surface area (Å²) in [5.74, 6) is -0.178. The minimum atomic E-state index is -0.178. The van der Waals surface area contributed by atoms with Crippen molar-refractivity contribution in [2.24, 2.45) is 0 Å². The highest BCUT2D eigenvalue weighted by Gasteiger charge is 2.02. The summed E-state index contributed by atoms with van der Waals surface area (Å²) in [6, 6.07) is 1.85. The lowest BCUT2D eigenvalue weighted by Gasteiger charge is -1.95. The van der Waals surface area contributed by atoms with Crippen LogP contribution in [0.3, 0.4) is 0 Å². The van der Waals surface area contributed by atoms with Gasteiger partial charge in [-0.1, -0.05) is 6.92 Å². The van der Waals surface area contributed by atoms with Gasteiger partial charge in [-0.2, -0.15) is 0 Å². The second-order valence-electron chi connectivity index (χ2n) is 1.91. The molecule has 1 aromatic rings. The maximum absolute atomic E-state index is 10.8. The Bertz CT molecular complexity index is 257. The zero-order valence-corrected chi connectivity index (χ0v) is 8.94. The zero-order valence-electron chi connectivity index (χ0n) is 5.96. The Labute approximate surface area is 82.7 Å². The van der Waals surface area contributed by atoms with Gasteiger partial charge in [0, 0.05) is 21.4 Å². The first-order valence-corrected chi connectivity index (χ1v) is 5.13. The predicted molar refractivity (Wildman–Crippen MR) is 53.0 cm³/mol. The largest absolute Gasteiger partial charge is 0.415 e. The van der Waals surface area contributed by atoms with Crippen LogP contribution in [-0.4, -0.2) is 5.97 Å². The van der Waals surface area contributed by atoms with E-state index in [-0.39, 0.29) is 5.97 Å². The molecule has 1 rings (SSSR count). The summed E-state index contributed by atoms with van der Waals surface area (Å²) in [4.78, 5) is 10.8. The lowest BCUT2D eigenvalue weighted by atomic mass is 10.5. The number of hydrogen-bond acceptors (Lipinski definition) is 3. The van der Waals surface area contributed by atoms with Crippen LogP contribution in [0.25, 0.3) is 0 Å². The first-order chi connectivity index (χ1) is 5.22. The molecule has 0 fully saturated rings. The van der Waals surface area contributed by atoms with E-state index in [1.165, 1.54) is 11.3 Å². The Balaban J connectivity index is 2.57. The molecule has 0 saturated heterocycles. The number of carbonyl (C=O) groups is 1. The molecule has 0 unspecified atom stereocenters. The third-order valence-corrected chi connectivity index (χ3v) is 2.90. The van der Waals surface area contributed by atoms with Crippen LogP contribution in [0.2, 0.25) is 0 Å². The van der Waals surface area contributed by atoms with Crippen molar-refractivity contribution in [1.82, 2.24) is 0 Å². The van der Waals surface area contributed by atoms with E-state index in [1.54, 1.807) is 6.92 Å². The van der Waals surface area contributed by atoms with Gasteiger partial charge in [-0.15, -0.1) is 11.3 Å². The van der Waals surface area contributed by atoms with E-state index in [0.29, 0.717) is 11.5 Å². The van der Waals surface area contributed by atoms with Crippen molar-refractivity contribution in [1.29, 1.82) is 0 Å². The molecule has 1 heterocycles. The number of hydrogen-bond donors (Lipinski definition) is 0. The Kier molecular flexibility index (Phi) is 3.32. The molecule has 0 spiro atoms. The third-order valence-electron chi connectivity index (χ3n) is 1.05. The van der Waals surface area contributed by atoms with Gasteiger partial charge in [-0.05, 0) is 22.6 Å². The Hall–Kier alpha value is -0.100. The molecule has 0 amide bonds. The van der Waals surface area contributed by atoms with Gasteiger partial charge in [0.2, 0.25) is 0 Å². The summed E-state index contributed by atoms with van der Waals surface area (Å²) >= 11 is 3.62. The molecule has 0 N–H and O–H groups in total. The van der Waals surface area contributed by atoms with Crippen LogP contribution >= 0.6 is 33.9 Å². The van der Waals surface area contributed by atoms with Crippen molar-refractivity contribution in [3.05, 3.63) is 15.0 Å². The van der Waals surface area contributed by atoms with Crippen molar-refractivity contribution >= 4 is 39.9 Å². The van der Waals surface area contributed by atoms with Crippen LogP contribution in [0.15, 0.2) is 11.4 Å². The van der Waals surface area contributed by atoms with Gasteiger partial charge in [0.05, 0.1) is 0 Å². The summed E-state index contributed by atoms with van der Waals surface area (Å²) in [5.41, 5.74) is 0. The number of thiophene rings is 1. The molecule has 2 nitrogen and oxygen atoms in total. The summed E-state index contributed by atoms with van der Waals surface area (Å²) in [6.07, 6.45) is 0.425. The normalized spacial score (nSPS) is 9.64. The van der Waals surface area contributed by atoms with Crippen LogP contribution in [0.4, 0.5) is 0 Å². The average Bonchev–Trinajstić information content (AvgIpc) is 2.35. The Morgan fingerprint density at radius 2 is 2.55 bits per heavy atom. The van der Waals surface area contributed by atoms with Crippen molar-refractivity contribution in [2.45, 2.75) is 13.3 Å². The molecular weight excluding hydrogens is 275 g/mol. The molecule has 0 aliphatic heterocycles. The molecule has 0 atom stereocenters. The van der Waals surface area contributed by atoms with Crippen molar-refractivity contribution < 1.29 is 9.53 Å². The standard InChI is InChI=1S/C7H7IO2S/c1-2-6(9)10-7-3-5(8)4-11-7/h3-4H,2H2,1H3. The first-order valence-electron chi connectivity index (χ1n) is 3.17. The highest BCUT2D eigenvalue weighted by atomic mass is 127. The van der Waals surface area contributed by atoms with E-state index in [1.807, 2.05) is 11.4 Å². The van der Waals surface area contributed by atoms with E-state index < -0.39 is 0 Å². The number of carbonyl (C=O) groups excluding carboxylic acids is 1. The molecule has 60 valence electrons. The molecule has 0 saturated carbocycles. The maximum Gasteiger partial charge on any atom is 0.311 e. The molecule has 11 heavy (non-hydrogen) atoms. The summed E-state index contributed by atoms with van der Waals surface area (Å²) in [5, 5.41) is 2.62. The van der Waals surface area contributed by atoms with Gasteiger partial charge in [0.25, 0.3) is 0 Å². The second-order valence-corrected chi connectivity index (χ2v) is 4.03. The van der Waals surface area contributed by atoms with Crippen LogP contribution in [-0.2, 0) is 4.79 Å². The molecule has 1 aromatic heterocycles. The van der Waals surface area contributed by atoms with Crippen LogP contribution in [0.5, 0.6) is 5.06 Å². The van der Waals surface area contributed by atoms with E-state index in [2.05, 4.69) is 22.6 Å². The topological polar surface area (TPSA) is 26.3 Å². The molecule has 0 aromatic carbocycles. The van der Waals surface area contributed by atoms with Gasteiger partial charge in [-0.3, -0.25) is 4.79 Å². The molecule has 4 heteroatoms. The van der Waals surface area contributed by atoms with Crippen molar-refractivity contribution in [2.75, 3.05) is 0 Å². The second kappa shape index (κ2) is 4.06. The number of esters is 1. The highest BCUT2D eigenvalue weighted by molar-refractivity contribution is 14.1. The zero-order chi connectivity index (χ0) is 8.27. The maximum atomic E-state index is 10.8. The molecule has 0 aliphatic rings. The summed E-state index contributed by atoms with van der Waals surface area (Å²) in [7, 11) is 0. The van der Waals surface area contributed by atoms with Gasteiger partial charge in [0.15, 0.2) is 5.06 Å². The highest BCUT2D eigenvalue weighted by Crippen LogP contribution is 2.24. The van der Waals surface area contributed by atoms with E-state index in [0.717, 1.165) is 3.57 Å². The molecule has 0 bridgehead atoms. The van der Waals surface area contributed by atoms with E-state index in [9.17, 15) is 4.79 Å². The van der Waals surface area contributed by atoms with Crippen LogP contribution in [0.1, 0.15) is 13.3 Å². The summed E-state index contributed by atoms with van der Waals surface area (Å²) in [6.45, 7) is 1.78. The number of rotatable bonds is 2. The average molecular weight is 282 g/mol. The summed E-state index contributed by atoms with van der Waals surface area (Å²) < 4.78 is 6.06. The van der Waals surface area contributed by atoms with E-state index in [4.69, 9.17) is 4.74 Å². The fourth-order valence-electron chi connectivity index (χ4n) is 0.533. The number of ether oxygens (including phenoxy) is 1. The van der Waals surface area contributed by atoms with Gasteiger partial charge in [0.1, 0.15) is 0 Å². The number of halogens is 1. The van der Waals surface area contributed by atoms with Gasteiger partial charge in [-0.25, -0.2) is 0 Å². The van der Waals surface area contributed by atoms with Crippen molar-refractivity contribution in [3.63, 3.8) is 0 Å². The first kappa shape index (κ1) is 8.99. The Morgan fingerprint density at radius 1 is 1.82 bits per heavy atom. The van der Waals surface area contributed by atoms with Crippen molar-refractivity contribution in [3.8, 4) is 5.06 Å². The lowest BCUT2D eigenvalue weighted by molar-refractivity contribution is -0.133. The minimum Gasteiger partial charge on any atom is -0.415 e. The SMILES string of the molecule is CCC(=O)Oc1cc(I)cs1. The predicted octanol–water partition coefficient (Wildman–Crippen LogP) is 2.67.